The molecule has 2 heterocycles. The molecule has 2 aromatic heterocycles. The fraction of sp³-hybridized carbons (Fsp3) is 0.368. The first-order valence-electron chi connectivity index (χ1n) is 8.96. The third-order valence-electron chi connectivity index (χ3n) is 4.97. The maximum atomic E-state index is 13.0. The lowest BCUT2D eigenvalue weighted by Crippen LogP contribution is -2.23. The fourth-order valence-electron chi connectivity index (χ4n) is 3.50. The van der Waals surface area contributed by atoms with Gasteiger partial charge in [0.2, 0.25) is 0 Å². The van der Waals surface area contributed by atoms with Crippen molar-refractivity contribution in [3.05, 3.63) is 48.4 Å². The zero-order chi connectivity index (χ0) is 18.1. The molecule has 0 atom stereocenters. The van der Waals surface area contributed by atoms with Crippen molar-refractivity contribution < 1.29 is 8.42 Å². The van der Waals surface area contributed by atoms with Gasteiger partial charge in [0.05, 0.1) is 10.3 Å². The van der Waals surface area contributed by atoms with E-state index in [0.29, 0.717) is 17.5 Å². The van der Waals surface area contributed by atoms with Crippen LogP contribution in [0.25, 0.3) is 11.0 Å². The molecule has 0 saturated heterocycles. The summed E-state index contributed by atoms with van der Waals surface area (Å²) in [6.07, 6.45) is 8.93. The van der Waals surface area contributed by atoms with Crippen molar-refractivity contribution in [3.8, 4) is 0 Å². The topological polar surface area (TPSA) is 76.9 Å². The van der Waals surface area contributed by atoms with Gasteiger partial charge in [0, 0.05) is 12.2 Å². The Morgan fingerprint density at radius 2 is 1.77 bits per heavy atom. The number of hydrogen-bond acceptors (Lipinski definition) is 5. The van der Waals surface area contributed by atoms with Crippen LogP contribution in [0.2, 0.25) is 0 Å². The number of aromatic nitrogens is 3. The third kappa shape index (κ3) is 3.07. The van der Waals surface area contributed by atoms with Crippen LogP contribution >= 0.6 is 0 Å². The summed E-state index contributed by atoms with van der Waals surface area (Å²) in [6.45, 7) is 1.93. The van der Waals surface area contributed by atoms with E-state index in [0.717, 1.165) is 23.8 Å². The first-order chi connectivity index (χ1) is 12.6. The summed E-state index contributed by atoms with van der Waals surface area (Å²) in [6, 6.07) is 9.00. The van der Waals surface area contributed by atoms with Crippen molar-refractivity contribution in [2.45, 2.75) is 50.0 Å². The van der Waals surface area contributed by atoms with Crippen LogP contribution in [0.15, 0.2) is 47.8 Å². The quantitative estimate of drug-likeness (QED) is 0.757. The molecule has 0 unspecified atom stereocenters. The van der Waals surface area contributed by atoms with E-state index >= 15 is 0 Å². The Bertz CT molecular complexity index is 1020. The largest absolute Gasteiger partial charge is 0.367 e. The standard InChI is InChI=1S/C19H22N4O2S/c1-14-7-9-16(10-8-14)26(24,25)23-12-11-17-18(20-13-21-19(17)23)22-15-5-3-2-4-6-15/h7-13,15H,2-6H2,1H3,(H,20,21,22). The minimum atomic E-state index is -3.69. The van der Waals surface area contributed by atoms with Crippen LogP contribution in [-0.2, 0) is 10.0 Å². The Morgan fingerprint density at radius 3 is 2.50 bits per heavy atom. The van der Waals surface area contributed by atoms with E-state index in [4.69, 9.17) is 0 Å². The minimum Gasteiger partial charge on any atom is -0.367 e. The number of aryl methyl sites for hydroxylation is 1. The Morgan fingerprint density at radius 1 is 1.04 bits per heavy atom. The van der Waals surface area contributed by atoms with E-state index in [9.17, 15) is 8.42 Å². The van der Waals surface area contributed by atoms with E-state index < -0.39 is 10.0 Å². The van der Waals surface area contributed by atoms with E-state index in [2.05, 4.69) is 15.3 Å². The van der Waals surface area contributed by atoms with E-state index in [1.807, 2.05) is 6.92 Å². The first-order valence-corrected chi connectivity index (χ1v) is 10.4. The lowest BCUT2D eigenvalue weighted by atomic mass is 9.95. The van der Waals surface area contributed by atoms with Crippen molar-refractivity contribution in [2.24, 2.45) is 0 Å². The summed E-state index contributed by atoms with van der Waals surface area (Å²) >= 11 is 0. The van der Waals surface area contributed by atoms with Gasteiger partial charge in [-0.25, -0.2) is 22.4 Å². The van der Waals surface area contributed by atoms with E-state index in [1.165, 1.54) is 29.6 Å². The van der Waals surface area contributed by atoms with Crippen molar-refractivity contribution in [2.75, 3.05) is 5.32 Å². The minimum absolute atomic E-state index is 0.251. The van der Waals surface area contributed by atoms with Crippen LogP contribution in [0.5, 0.6) is 0 Å². The predicted molar refractivity (Wildman–Crippen MR) is 102 cm³/mol. The zero-order valence-corrected chi connectivity index (χ0v) is 15.5. The molecule has 6 nitrogen and oxygen atoms in total. The van der Waals surface area contributed by atoms with Crippen LogP contribution < -0.4 is 5.32 Å². The summed E-state index contributed by atoms with van der Waals surface area (Å²) < 4.78 is 27.2. The Balaban J connectivity index is 1.73. The molecule has 1 aliphatic rings. The maximum Gasteiger partial charge on any atom is 0.269 e. The zero-order valence-electron chi connectivity index (χ0n) is 14.7. The molecular formula is C19H22N4O2S. The number of benzene rings is 1. The smallest absolute Gasteiger partial charge is 0.269 e. The van der Waals surface area contributed by atoms with Crippen molar-refractivity contribution in [1.82, 2.24) is 13.9 Å². The van der Waals surface area contributed by atoms with Crippen LogP contribution in [0, 0.1) is 6.92 Å². The highest BCUT2D eigenvalue weighted by atomic mass is 32.2. The highest BCUT2D eigenvalue weighted by molar-refractivity contribution is 7.90. The van der Waals surface area contributed by atoms with Crippen molar-refractivity contribution in [1.29, 1.82) is 0 Å². The van der Waals surface area contributed by atoms with Gasteiger partial charge in [0.25, 0.3) is 10.0 Å². The molecule has 0 radical (unpaired) electrons. The van der Waals surface area contributed by atoms with Crippen LogP contribution in [0.1, 0.15) is 37.7 Å². The molecular weight excluding hydrogens is 348 g/mol. The molecule has 7 heteroatoms. The number of nitrogens with zero attached hydrogens (tertiary/aromatic N) is 3. The monoisotopic (exact) mass is 370 g/mol. The maximum absolute atomic E-state index is 13.0. The van der Waals surface area contributed by atoms with Crippen molar-refractivity contribution in [3.63, 3.8) is 0 Å². The van der Waals surface area contributed by atoms with Gasteiger partial charge in [-0.05, 0) is 38.0 Å². The fourth-order valence-corrected chi connectivity index (χ4v) is 4.80. The molecule has 0 aliphatic heterocycles. The summed E-state index contributed by atoms with van der Waals surface area (Å²) in [4.78, 5) is 8.84. The molecule has 26 heavy (non-hydrogen) atoms. The molecule has 1 saturated carbocycles. The van der Waals surface area contributed by atoms with E-state index in [1.54, 1.807) is 36.5 Å². The Hall–Kier alpha value is -2.41. The van der Waals surface area contributed by atoms with Crippen LogP contribution in [0.3, 0.4) is 0 Å². The number of rotatable bonds is 4. The predicted octanol–water partition coefficient (Wildman–Crippen LogP) is 3.72. The molecule has 0 amide bonds. The average Bonchev–Trinajstić information content (AvgIpc) is 3.09. The molecule has 4 rings (SSSR count). The number of hydrogen-bond donors (Lipinski definition) is 1. The lowest BCUT2D eigenvalue weighted by Gasteiger charge is -2.23. The van der Waals surface area contributed by atoms with Gasteiger partial charge >= 0.3 is 0 Å². The highest BCUT2D eigenvalue weighted by Gasteiger charge is 2.22. The van der Waals surface area contributed by atoms with Gasteiger partial charge in [-0.2, -0.15) is 0 Å². The number of anilines is 1. The third-order valence-corrected chi connectivity index (χ3v) is 6.65. The van der Waals surface area contributed by atoms with Gasteiger partial charge < -0.3 is 5.32 Å². The molecule has 1 aromatic carbocycles. The summed E-state index contributed by atoms with van der Waals surface area (Å²) in [5, 5.41) is 4.21. The SMILES string of the molecule is Cc1ccc(S(=O)(=O)n2ccc3c(NC4CCCCC4)ncnc32)cc1. The summed E-state index contributed by atoms with van der Waals surface area (Å²) in [7, 11) is -3.69. The molecule has 3 aromatic rings. The normalized spacial score (nSPS) is 16.0. The highest BCUT2D eigenvalue weighted by Crippen LogP contribution is 2.27. The average molecular weight is 370 g/mol. The molecule has 1 aliphatic carbocycles. The Kier molecular flexibility index (Phi) is 4.40. The summed E-state index contributed by atoms with van der Waals surface area (Å²) in [5.41, 5.74) is 1.42. The first kappa shape index (κ1) is 17.0. The molecule has 1 fully saturated rings. The van der Waals surface area contributed by atoms with Gasteiger partial charge in [0.15, 0.2) is 5.65 Å². The molecule has 136 valence electrons. The number of fused-ring (bicyclic) bond motifs is 1. The second-order valence-corrected chi connectivity index (χ2v) is 8.68. The second kappa shape index (κ2) is 6.72. The molecule has 1 N–H and O–H groups in total. The van der Waals surface area contributed by atoms with Crippen LogP contribution in [-0.4, -0.2) is 28.4 Å². The van der Waals surface area contributed by atoms with Gasteiger partial charge in [-0.1, -0.05) is 37.0 Å². The lowest BCUT2D eigenvalue weighted by molar-refractivity contribution is 0.462. The molecule has 0 spiro atoms. The number of nitrogens with one attached hydrogen (secondary N) is 1. The van der Waals surface area contributed by atoms with Gasteiger partial charge in [0.1, 0.15) is 12.1 Å². The Labute approximate surface area is 153 Å². The summed E-state index contributed by atoms with van der Waals surface area (Å²) in [5.74, 6) is 0.708. The van der Waals surface area contributed by atoms with Crippen LogP contribution in [0.4, 0.5) is 5.82 Å². The van der Waals surface area contributed by atoms with E-state index in [-0.39, 0.29) is 4.90 Å². The van der Waals surface area contributed by atoms with Crippen molar-refractivity contribution >= 4 is 26.9 Å². The molecule has 0 bridgehead atoms. The van der Waals surface area contributed by atoms with Gasteiger partial charge in [-0.15, -0.1) is 0 Å². The van der Waals surface area contributed by atoms with Gasteiger partial charge in [-0.3, -0.25) is 0 Å². The second-order valence-electron chi connectivity index (χ2n) is 6.87.